The Morgan fingerprint density at radius 2 is 2.07 bits per heavy atom. The van der Waals surface area contributed by atoms with Crippen LogP contribution in [0.1, 0.15) is 19.8 Å². The van der Waals surface area contributed by atoms with Crippen molar-refractivity contribution in [3.05, 3.63) is 0 Å². The molecule has 0 aliphatic heterocycles. The smallest absolute Gasteiger partial charge is 0.329 e. The first-order valence-electron chi connectivity index (χ1n) is 4.89. The molecule has 1 atom stereocenters. The van der Waals surface area contributed by atoms with Crippen LogP contribution >= 0.6 is 0 Å². The van der Waals surface area contributed by atoms with Crippen molar-refractivity contribution in [3.8, 4) is 0 Å². The zero-order valence-electron chi connectivity index (χ0n) is 8.77. The van der Waals surface area contributed by atoms with Crippen LogP contribution in [0.3, 0.4) is 0 Å². The van der Waals surface area contributed by atoms with E-state index in [1.54, 1.807) is 14.0 Å². The van der Waals surface area contributed by atoms with E-state index in [1.165, 1.54) is 0 Å². The van der Waals surface area contributed by atoms with E-state index < -0.39 is 24.7 Å². The molecule has 1 fully saturated rings. The Kier molecular flexibility index (Phi) is 3.59. The van der Waals surface area contributed by atoms with Gasteiger partial charge in [-0.2, -0.15) is 13.2 Å². The number of carbonyl (C=O) groups is 1. The van der Waals surface area contributed by atoms with E-state index in [-0.39, 0.29) is 6.04 Å². The molecule has 1 amide bonds. The van der Waals surface area contributed by atoms with Crippen LogP contribution in [0.25, 0.3) is 0 Å². The molecule has 1 aliphatic carbocycles. The quantitative estimate of drug-likeness (QED) is 0.776. The molecule has 1 aliphatic rings. The fraction of sp³-hybridized carbons (Fsp3) is 0.889. The summed E-state index contributed by atoms with van der Waals surface area (Å²) in [5.41, 5.74) is 0. The highest BCUT2D eigenvalue weighted by molar-refractivity contribution is 5.82. The highest BCUT2D eigenvalue weighted by Crippen LogP contribution is 2.30. The average molecular weight is 224 g/mol. The van der Waals surface area contributed by atoms with Crippen molar-refractivity contribution in [1.82, 2.24) is 10.2 Å². The van der Waals surface area contributed by atoms with Crippen molar-refractivity contribution >= 4 is 5.91 Å². The highest BCUT2D eigenvalue weighted by atomic mass is 19.4. The third-order valence-electron chi connectivity index (χ3n) is 2.42. The molecule has 1 unspecified atom stereocenters. The first kappa shape index (κ1) is 12.3. The van der Waals surface area contributed by atoms with Gasteiger partial charge in [0.25, 0.3) is 0 Å². The van der Waals surface area contributed by atoms with Gasteiger partial charge in [0.05, 0.1) is 6.04 Å². The normalized spacial score (nSPS) is 18.7. The number of hydrogen-bond acceptors (Lipinski definition) is 2. The molecule has 0 saturated heterocycles. The molecule has 0 heterocycles. The van der Waals surface area contributed by atoms with Crippen LogP contribution in [0.5, 0.6) is 0 Å². The van der Waals surface area contributed by atoms with Crippen LogP contribution in [-0.2, 0) is 4.79 Å². The van der Waals surface area contributed by atoms with Gasteiger partial charge in [-0.15, -0.1) is 0 Å². The Hall–Kier alpha value is -0.780. The van der Waals surface area contributed by atoms with Gasteiger partial charge in [-0.05, 0) is 26.8 Å². The molecule has 0 aromatic heterocycles. The Balaban J connectivity index is 2.61. The second kappa shape index (κ2) is 4.38. The largest absolute Gasteiger partial charge is 0.406 e. The lowest BCUT2D eigenvalue weighted by Gasteiger charge is -2.26. The molecular weight excluding hydrogens is 209 g/mol. The fourth-order valence-corrected chi connectivity index (χ4v) is 1.34. The minimum absolute atomic E-state index is 0.213. The Labute approximate surface area is 86.6 Å². The monoisotopic (exact) mass is 224 g/mol. The maximum Gasteiger partial charge on any atom is 0.406 e. The van der Waals surface area contributed by atoms with Gasteiger partial charge in [-0.25, -0.2) is 0 Å². The first-order valence-corrected chi connectivity index (χ1v) is 4.89. The summed E-state index contributed by atoms with van der Waals surface area (Å²) < 4.78 is 36.6. The van der Waals surface area contributed by atoms with Crippen molar-refractivity contribution in [1.29, 1.82) is 0 Å². The first-order chi connectivity index (χ1) is 6.85. The number of carbonyl (C=O) groups excluding carboxylic acids is 1. The second-order valence-corrected chi connectivity index (χ2v) is 3.82. The molecule has 6 heteroatoms. The Bertz CT molecular complexity index is 238. The summed E-state index contributed by atoms with van der Waals surface area (Å²) in [5, 5.41) is 2.66. The zero-order chi connectivity index (χ0) is 11.6. The van der Waals surface area contributed by atoms with Gasteiger partial charge < -0.3 is 10.2 Å². The number of rotatable bonds is 4. The fourth-order valence-electron chi connectivity index (χ4n) is 1.34. The molecule has 0 aromatic rings. The third-order valence-corrected chi connectivity index (χ3v) is 2.42. The summed E-state index contributed by atoms with van der Waals surface area (Å²) in [7, 11) is 1.56. The zero-order valence-corrected chi connectivity index (χ0v) is 8.77. The topological polar surface area (TPSA) is 32.3 Å². The maximum absolute atomic E-state index is 12.2. The summed E-state index contributed by atoms with van der Waals surface area (Å²) in [6.45, 7) is 0.427. The molecule has 88 valence electrons. The summed E-state index contributed by atoms with van der Waals surface area (Å²) in [6, 6.07) is -0.775. The van der Waals surface area contributed by atoms with Gasteiger partial charge in [-0.1, -0.05) is 0 Å². The lowest BCUT2D eigenvalue weighted by molar-refractivity contribution is -0.163. The minimum atomic E-state index is -4.31. The van der Waals surface area contributed by atoms with Crippen molar-refractivity contribution in [2.45, 2.75) is 38.0 Å². The molecule has 3 nitrogen and oxygen atoms in total. The predicted molar refractivity (Wildman–Crippen MR) is 49.3 cm³/mol. The van der Waals surface area contributed by atoms with Gasteiger partial charge in [0, 0.05) is 6.04 Å². The van der Waals surface area contributed by atoms with E-state index in [0.717, 1.165) is 4.90 Å². The molecule has 15 heavy (non-hydrogen) atoms. The standard InChI is InChI=1S/C9H15F3N2O/c1-6(13-2)8(15)14(7-3-4-7)5-9(10,11)12/h6-7,13H,3-5H2,1-2H3. The van der Waals surface area contributed by atoms with Crippen molar-refractivity contribution < 1.29 is 18.0 Å². The molecule has 0 aromatic carbocycles. The number of halogens is 3. The van der Waals surface area contributed by atoms with Crippen LogP contribution in [0.2, 0.25) is 0 Å². The van der Waals surface area contributed by atoms with E-state index >= 15 is 0 Å². The number of nitrogens with one attached hydrogen (secondary N) is 1. The van der Waals surface area contributed by atoms with Crippen molar-refractivity contribution in [2.75, 3.05) is 13.6 Å². The lowest BCUT2D eigenvalue weighted by atomic mass is 10.2. The number of likely N-dealkylation sites (N-methyl/N-ethyl adjacent to an activating group) is 1. The van der Waals surface area contributed by atoms with Crippen LogP contribution in [0, 0.1) is 0 Å². The van der Waals surface area contributed by atoms with Crippen LogP contribution < -0.4 is 5.32 Å². The van der Waals surface area contributed by atoms with Gasteiger partial charge in [0.2, 0.25) is 5.91 Å². The molecule has 1 saturated carbocycles. The van der Waals surface area contributed by atoms with E-state index in [9.17, 15) is 18.0 Å². The number of alkyl halides is 3. The predicted octanol–water partition coefficient (Wildman–Crippen LogP) is 1.15. The minimum Gasteiger partial charge on any atom is -0.329 e. The summed E-state index contributed by atoms with van der Waals surface area (Å²) >= 11 is 0. The summed E-state index contributed by atoms with van der Waals surface area (Å²) in [4.78, 5) is 12.5. The summed E-state index contributed by atoms with van der Waals surface area (Å²) in [5.74, 6) is -0.475. The van der Waals surface area contributed by atoms with E-state index in [2.05, 4.69) is 5.32 Å². The van der Waals surface area contributed by atoms with Crippen LogP contribution in [0.4, 0.5) is 13.2 Å². The van der Waals surface area contributed by atoms with E-state index in [1.807, 2.05) is 0 Å². The van der Waals surface area contributed by atoms with Crippen molar-refractivity contribution in [2.24, 2.45) is 0 Å². The Morgan fingerprint density at radius 1 is 1.53 bits per heavy atom. The summed E-state index contributed by atoms with van der Waals surface area (Å²) in [6.07, 6.45) is -2.96. The molecular formula is C9H15F3N2O. The molecule has 0 bridgehead atoms. The second-order valence-electron chi connectivity index (χ2n) is 3.82. The highest BCUT2D eigenvalue weighted by Gasteiger charge is 2.41. The van der Waals surface area contributed by atoms with Gasteiger partial charge in [-0.3, -0.25) is 4.79 Å². The van der Waals surface area contributed by atoms with Gasteiger partial charge in [0.1, 0.15) is 6.54 Å². The molecule has 0 spiro atoms. The van der Waals surface area contributed by atoms with Crippen LogP contribution in [-0.4, -0.2) is 42.7 Å². The van der Waals surface area contributed by atoms with E-state index in [4.69, 9.17) is 0 Å². The third kappa shape index (κ3) is 3.70. The van der Waals surface area contributed by atoms with Crippen LogP contribution in [0.15, 0.2) is 0 Å². The van der Waals surface area contributed by atoms with Crippen molar-refractivity contribution in [3.63, 3.8) is 0 Å². The number of amides is 1. The van der Waals surface area contributed by atoms with Gasteiger partial charge >= 0.3 is 6.18 Å². The average Bonchev–Trinajstić information content (AvgIpc) is 2.93. The molecule has 0 radical (unpaired) electrons. The molecule has 1 N–H and O–H groups in total. The molecule has 1 rings (SSSR count). The lowest BCUT2D eigenvalue weighted by Crippen LogP contribution is -2.48. The van der Waals surface area contributed by atoms with E-state index in [0.29, 0.717) is 12.8 Å². The Morgan fingerprint density at radius 3 is 2.40 bits per heavy atom. The number of hydrogen-bond donors (Lipinski definition) is 1. The number of nitrogens with zero attached hydrogens (tertiary/aromatic N) is 1. The maximum atomic E-state index is 12.2. The SMILES string of the molecule is CNC(C)C(=O)N(CC(F)(F)F)C1CC1. The van der Waals surface area contributed by atoms with Gasteiger partial charge in [0.15, 0.2) is 0 Å².